The summed E-state index contributed by atoms with van der Waals surface area (Å²) in [7, 11) is 0. The maximum Gasteiger partial charge on any atom is 0.303 e. The summed E-state index contributed by atoms with van der Waals surface area (Å²) in [5.41, 5.74) is 0. The molecule has 0 aromatic carbocycles. The summed E-state index contributed by atoms with van der Waals surface area (Å²) in [6.07, 6.45) is 7.74. The molecule has 0 bridgehead atoms. The van der Waals surface area contributed by atoms with Crippen molar-refractivity contribution in [2.24, 2.45) is 11.8 Å². The van der Waals surface area contributed by atoms with Gasteiger partial charge >= 0.3 is 5.97 Å². The van der Waals surface area contributed by atoms with Gasteiger partial charge in [0.05, 0.1) is 0 Å². The van der Waals surface area contributed by atoms with E-state index in [1.165, 1.54) is 25.7 Å². The minimum absolute atomic E-state index is 0.387. The van der Waals surface area contributed by atoms with Crippen molar-refractivity contribution in [3.8, 4) is 0 Å². The molecular weight excluding hydrogens is 164 g/mol. The van der Waals surface area contributed by atoms with Gasteiger partial charge in [0.2, 0.25) is 0 Å². The van der Waals surface area contributed by atoms with E-state index >= 15 is 0 Å². The van der Waals surface area contributed by atoms with Crippen LogP contribution in [-0.2, 0) is 4.79 Å². The van der Waals surface area contributed by atoms with E-state index in [1.807, 2.05) is 0 Å². The highest BCUT2D eigenvalue weighted by molar-refractivity contribution is 5.67. The highest BCUT2D eigenvalue weighted by Gasteiger charge is 2.23. The molecule has 1 rings (SSSR count). The molecule has 0 aromatic rings. The van der Waals surface area contributed by atoms with Gasteiger partial charge in [0.25, 0.3) is 0 Å². The van der Waals surface area contributed by atoms with E-state index in [0.717, 1.165) is 12.8 Å². The lowest BCUT2D eigenvalue weighted by molar-refractivity contribution is -0.138. The summed E-state index contributed by atoms with van der Waals surface area (Å²) in [5, 5.41) is 8.77. The van der Waals surface area contributed by atoms with Gasteiger partial charge in [-0.3, -0.25) is 4.79 Å². The molecule has 1 aliphatic carbocycles. The van der Waals surface area contributed by atoms with Crippen LogP contribution in [0.1, 0.15) is 51.9 Å². The van der Waals surface area contributed by atoms with E-state index in [9.17, 15) is 4.79 Å². The molecule has 2 heteroatoms. The molecule has 0 heterocycles. The monoisotopic (exact) mass is 184 g/mol. The van der Waals surface area contributed by atoms with E-state index in [1.54, 1.807) is 0 Å². The fraction of sp³-hybridized carbons (Fsp3) is 0.909. The van der Waals surface area contributed by atoms with Gasteiger partial charge in [-0.25, -0.2) is 0 Å². The molecule has 2 unspecified atom stereocenters. The minimum atomic E-state index is -0.620. The van der Waals surface area contributed by atoms with Crippen LogP contribution in [0.25, 0.3) is 0 Å². The molecule has 76 valence electrons. The SMILES string of the molecule is CCC1CCCCCC1CC(=O)O. The number of rotatable bonds is 3. The van der Waals surface area contributed by atoms with Crippen LogP contribution in [0, 0.1) is 11.8 Å². The Balaban J connectivity index is 2.48. The number of hydrogen-bond acceptors (Lipinski definition) is 1. The van der Waals surface area contributed by atoms with Crippen LogP contribution in [0.2, 0.25) is 0 Å². The second kappa shape index (κ2) is 5.25. The highest BCUT2D eigenvalue weighted by Crippen LogP contribution is 2.32. The van der Waals surface area contributed by atoms with Gasteiger partial charge in [-0.1, -0.05) is 39.0 Å². The average Bonchev–Trinajstić information content (AvgIpc) is 2.28. The molecule has 0 amide bonds. The third kappa shape index (κ3) is 3.37. The van der Waals surface area contributed by atoms with Crippen molar-refractivity contribution in [2.45, 2.75) is 51.9 Å². The van der Waals surface area contributed by atoms with E-state index in [-0.39, 0.29) is 0 Å². The molecule has 0 aliphatic heterocycles. The van der Waals surface area contributed by atoms with Crippen LogP contribution < -0.4 is 0 Å². The lowest BCUT2D eigenvalue weighted by atomic mass is 9.84. The van der Waals surface area contributed by atoms with Crippen LogP contribution in [0.3, 0.4) is 0 Å². The first-order valence-corrected chi connectivity index (χ1v) is 5.45. The van der Waals surface area contributed by atoms with Gasteiger partial charge in [-0.2, -0.15) is 0 Å². The second-order valence-corrected chi connectivity index (χ2v) is 4.16. The maximum atomic E-state index is 10.6. The summed E-state index contributed by atoms with van der Waals surface area (Å²) in [4.78, 5) is 10.6. The van der Waals surface area contributed by atoms with E-state index in [4.69, 9.17) is 5.11 Å². The summed E-state index contributed by atoms with van der Waals surface area (Å²) in [5.74, 6) is 0.494. The summed E-state index contributed by atoms with van der Waals surface area (Å²) in [6.45, 7) is 2.19. The van der Waals surface area contributed by atoms with Gasteiger partial charge < -0.3 is 5.11 Å². The average molecular weight is 184 g/mol. The Labute approximate surface area is 80.3 Å². The maximum absolute atomic E-state index is 10.6. The zero-order chi connectivity index (χ0) is 9.68. The zero-order valence-corrected chi connectivity index (χ0v) is 8.46. The molecule has 0 radical (unpaired) electrons. The molecule has 1 fully saturated rings. The van der Waals surface area contributed by atoms with E-state index < -0.39 is 5.97 Å². The first kappa shape index (κ1) is 10.6. The molecule has 1 saturated carbocycles. The van der Waals surface area contributed by atoms with Crippen molar-refractivity contribution in [1.82, 2.24) is 0 Å². The zero-order valence-electron chi connectivity index (χ0n) is 8.46. The van der Waals surface area contributed by atoms with Gasteiger partial charge in [0, 0.05) is 6.42 Å². The predicted octanol–water partition coefficient (Wildman–Crippen LogP) is 3.07. The van der Waals surface area contributed by atoms with Crippen molar-refractivity contribution >= 4 is 5.97 Å². The summed E-state index contributed by atoms with van der Waals surface area (Å²) >= 11 is 0. The van der Waals surface area contributed by atoms with Gasteiger partial charge in [0.15, 0.2) is 0 Å². The van der Waals surface area contributed by atoms with Gasteiger partial charge in [-0.05, 0) is 18.3 Å². The van der Waals surface area contributed by atoms with E-state index in [2.05, 4.69) is 6.92 Å². The fourth-order valence-electron chi connectivity index (χ4n) is 2.49. The smallest absolute Gasteiger partial charge is 0.303 e. The predicted molar refractivity (Wildman–Crippen MR) is 52.6 cm³/mol. The first-order valence-electron chi connectivity index (χ1n) is 5.45. The Morgan fingerprint density at radius 2 is 1.85 bits per heavy atom. The number of carboxylic acid groups (broad SMARTS) is 1. The number of hydrogen-bond donors (Lipinski definition) is 1. The number of aliphatic carboxylic acids is 1. The lowest BCUT2D eigenvalue weighted by Gasteiger charge is -2.21. The fourth-order valence-corrected chi connectivity index (χ4v) is 2.49. The van der Waals surface area contributed by atoms with Crippen LogP contribution in [0.15, 0.2) is 0 Å². The van der Waals surface area contributed by atoms with Crippen molar-refractivity contribution in [2.75, 3.05) is 0 Å². The molecule has 1 N–H and O–H groups in total. The van der Waals surface area contributed by atoms with Crippen molar-refractivity contribution in [3.63, 3.8) is 0 Å². The molecule has 2 atom stereocenters. The van der Waals surface area contributed by atoms with Crippen LogP contribution in [0.4, 0.5) is 0 Å². The Morgan fingerprint density at radius 3 is 2.38 bits per heavy atom. The van der Waals surface area contributed by atoms with Gasteiger partial charge in [0.1, 0.15) is 0 Å². The van der Waals surface area contributed by atoms with Crippen molar-refractivity contribution < 1.29 is 9.90 Å². The number of carbonyl (C=O) groups is 1. The summed E-state index contributed by atoms with van der Waals surface area (Å²) in [6, 6.07) is 0. The molecule has 0 saturated heterocycles. The van der Waals surface area contributed by atoms with Crippen LogP contribution in [-0.4, -0.2) is 11.1 Å². The topological polar surface area (TPSA) is 37.3 Å². The Hall–Kier alpha value is -0.530. The van der Waals surface area contributed by atoms with Crippen LogP contribution >= 0.6 is 0 Å². The minimum Gasteiger partial charge on any atom is -0.481 e. The second-order valence-electron chi connectivity index (χ2n) is 4.16. The first-order chi connectivity index (χ1) is 6.24. The third-order valence-corrected chi connectivity index (χ3v) is 3.28. The summed E-state index contributed by atoms with van der Waals surface area (Å²) < 4.78 is 0. The van der Waals surface area contributed by atoms with Crippen LogP contribution in [0.5, 0.6) is 0 Å². The molecule has 1 aliphatic rings. The Bertz CT molecular complexity index is 165. The normalized spacial score (nSPS) is 29.6. The lowest BCUT2D eigenvalue weighted by Crippen LogP contribution is -2.16. The molecule has 13 heavy (non-hydrogen) atoms. The quantitative estimate of drug-likeness (QED) is 0.684. The molecule has 0 aromatic heterocycles. The van der Waals surface area contributed by atoms with Crippen molar-refractivity contribution in [1.29, 1.82) is 0 Å². The highest BCUT2D eigenvalue weighted by atomic mass is 16.4. The largest absolute Gasteiger partial charge is 0.481 e. The molecular formula is C11H20O2. The van der Waals surface area contributed by atoms with E-state index in [0.29, 0.717) is 18.3 Å². The molecule has 2 nitrogen and oxygen atoms in total. The standard InChI is InChI=1S/C11H20O2/c1-2-9-6-4-3-5-7-10(9)8-11(12)13/h9-10H,2-8H2,1H3,(H,12,13). The Morgan fingerprint density at radius 1 is 1.23 bits per heavy atom. The third-order valence-electron chi connectivity index (χ3n) is 3.28. The van der Waals surface area contributed by atoms with Gasteiger partial charge in [-0.15, -0.1) is 0 Å². The van der Waals surface area contributed by atoms with Crippen molar-refractivity contribution in [3.05, 3.63) is 0 Å². The Kier molecular flexibility index (Phi) is 4.26. The molecule has 0 spiro atoms. The number of carboxylic acids is 1.